The third-order valence-electron chi connectivity index (χ3n) is 5.29. The van der Waals surface area contributed by atoms with Gasteiger partial charge in [0.1, 0.15) is 0 Å². The molecule has 0 spiro atoms. The zero-order chi connectivity index (χ0) is 17.7. The number of guanidine groups is 1. The second-order valence-electron chi connectivity index (χ2n) is 7.28. The van der Waals surface area contributed by atoms with Crippen LogP contribution in [0.25, 0.3) is 0 Å². The van der Waals surface area contributed by atoms with Crippen LogP contribution >= 0.6 is 0 Å². The highest BCUT2D eigenvalue weighted by Gasteiger charge is 2.18. The van der Waals surface area contributed by atoms with Gasteiger partial charge < -0.3 is 20.3 Å². The summed E-state index contributed by atoms with van der Waals surface area (Å²) in [5.41, 5.74) is 1.62. The maximum Gasteiger partial charge on any atom is 0.191 e. The molecule has 0 aromatic carbocycles. The molecule has 0 atom stereocenters. The van der Waals surface area contributed by atoms with Crippen LogP contribution in [0.1, 0.15) is 51.9 Å². The number of likely N-dealkylation sites (tertiary alicyclic amines) is 1. The van der Waals surface area contributed by atoms with Crippen molar-refractivity contribution in [2.24, 2.45) is 10.9 Å². The molecule has 1 heterocycles. The Labute approximate surface area is 154 Å². The van der Waals surface area contributed by atoms with E-state index in [2.05, 4.69) is 28.5 Å². The second-order valence-corrected chi connectivity index (χ2v) is 7.28. The summed E-state index contributed by atoms with van der Waals surface area (Å²) in [4.78, 5) is 7.34. The molecular weight excluding hydrogens is 312 g/mol. The lowest BCUT2D eigenvalue weighted by atomic mass is 9.97. The average molecular weight is 351 g/mol. The number of hydrogen-bond acceptors (Lipinski definition) is 3. The third kappa shape index (κ3) is 8.23. The summed E-state index contributed by atoms with van der Waals surface area (Å²) in [6.45, 7) is 9.26. The molecule has 0 unspecified atom stereocenters. The van der Waals surface area contributed by atoms with Crippen molar-refractivity contribution in [1.82, 2.24) is 15.5 Å². The quantitative estimate of drug-likeness (QED) is 0.381. The molecule has 0 aromatic rings. The average Bonchev–Trinajstić information content (AvgIpc) is 2.66. The van der Waals surface area contributed by atoms with Crippen LogP contribution in [0.4, 0.5) is 0 Å². The van der Waals surface area contributed by atoms with Gasteiger partial charge in [-0.25, -0.2) is 0 Å². The number of aliphatic imine (C=N–C) groups is 1. The minimum absolute atomic E-state index is 0.718. The van der Waals surface area contributed by atoms with Crippen molar-refractivity contribution in [2.75, 3.05) is 53.0 Å². The van der Waals surface area contributed by atoms with Gasteiger partial charge >= 0.3 is 0 Å². The summed E-state index contributed by atoms with van der Waals surface area (Å²) in [5, 5.41) is 6.90. The van der Waals surface area contributed by atoms with Crippen molar-refractivity contribution in [1.29, 1.82) is 0 Å². The van der Waals surface area contributed by atoms with E-state index in [1.54, 1.807) is 12.7 Å². The van der Waals surface area contributed by atoms with Gasteiger partial charge in [0.15, 0.2) is 5.96 Å². The van der Waals surface area contributed by atoms with E-state index >= 15 is 0 Å². The number of nitrogens with zero attached hydrogens (tertiary/aromatic N) is 2. The molecule has 1 aliphatic carbocycles. The molecule has 1 aliphatic heterocycles. The highest BCUT2D eigenvalue weighted by Crippen LogP contribution is 2.19. The number of hydrogen-bond donors (Lipinski definition) is 2. The molecule has 2 N–H and O–H groups in total. The number of piperidine rings is 1. The highest BCUT2D eigenvalue weighted by atomic mass is 16.5. The highest BCUT2D eigenvalue weighted by molar-refractivity contribution is 5.79. The summed E-state index contributed by atoms with van der Waals surface area (Å²) >= 11 is 0. The van der Waals surface area contributed by atoms with Gasteiger partial charge in [-0.2, -0.15) is 0 Å². The van der Waals surface area contributed by atoms with E-state index < -0.39 is 0 Å². The SMILES string of the molecule is CCNC(=NCC1CCN(CCOC)CC1)NCCC1=CCCCC1. The van der Waals surface area contributed by atoms with E-state index in [-0.39, 0.29) is 0 Å². The molecule has 0 bridgehead atoms. The molecule has 25 heavy (non-hydrogen) atoms. The van der Waals surface area contributed by atoms with Crippen LogP contribution in [0.2, 0.25) is 0 Å². The Hall–Kier alpha value is -1.07. The largest absolute Gasteiger partial charge is 0.383 e. The summed E-state index contributed by atoms with van der Waals surface area (Å²) in [6, 6.07) is 0. The van der Waals surface area contributed by atoms with Gasteiger partial charge in [0, 0.05) is 33.3 Å². The zero-order valence-electron chi connectivity index (χ0n) is 16.4. The maximum absolute atomic E-state index is 5.17. The maximum atomic E-state index is 5.17. The van der Waals surface area contributed by atoms with Crippen LogP contribution in [-0.2, 0) is 4.74 Å². The van der Waals surface area contributed by atoms with Gasteiger partial charge in [0.2, 0.25) is 0 Å². The van der Waals surface area contributed by atoms with Crippen molar-refractivity contribution in [3.05, 3.63) is 11.6 Å². The van der Waals surface area contributed by atoms with Crippen LogP contribution in [-0.4, -0.2) is 63.8 Å². The standard InChI is InChI=1S/C20H38N4O/c1-3-21-20(22-12-9-18-7-5-4-6-8-18)23-17-19-10-13-24(14-11-19)15-16-25-2/h7,19H,3-6,8-17H2,1-2H3,(H2,21,22,23). The molecule has 1 fully saturated rings. The fourth-order valence-corrected chi connectivity index (χ4v) is 3.65. The number of ether oxygens (including phenoxy) is 1. The lowest BCUT2D eigenvalue weighted by Gasteiger charge is -2.31. The van der Waals surface area contributed by atoms with Gasteiger partial charge in [-0.05, 0) is 70.9 Å². The summed E-state index contributed by atoms with van der Waals surface area (Å²) < 4.78 is 5.17. The molecule has 144 valence electrons. The van der Waals surface area contributed by atoms with Crippen molar-refractivity contribution in [3.8, 4) is 0 Å². The van der Waals surface area contributed by atoms with Crippen LogP contribution in [0.5, 0.6) is 0 Å². The number of allylic oxidation sites excluding steroid dienone is 1. The van der Waals surface area contributed by atoms with E-state index in [9.17, 15) is 0 Å². The molecule has 2 rings (SSSR count). The van der Waals surface area contributed by atoms with Crippen LogP contribution in [0.15, 0.2) is 16.6 Å². The molecule has 5 nitrogen and oxygen atoms in total. The van der Waals surface area contributed by atoms with Gasteiger partial charge in [0.25, 0.3) is 0 Å². The lowest BCUT2D eigenvalue weighted by Crippen LogP contribution is -2.39. The first-order valence-corrected chi connectivity index (χ1v) is 10.2. The monoisotopic (exact) mass is 350 g/mol. The van der Waals surface area contributed by atoms with Gasteiger partial charge in [-0.15, -0.1) is 0 Å². The third-order valence-corrected chi connectivity index (χ3v) is 5.29. The van der Waals surface area contributed by atoms with Gasteiger partial charge in [0.05, 0.1) is 6.61 Å². The topological polar surface area (TPSA) is 48.9 Å². The summed E-state index contributed by atoms with van der Waals surface area (Å²) in [7, 11) is 1.78. The molecule has 0 radical (unpaired) electrons. The smallest absolute Gasteiger partial charge is 0.191 e. The Morgan fingerprint density at radius 1 is 1.28 bits per heavy atom. The van der Waals surface area contributed by atoms with Crippen molar-refractivity contribution >= 4 is 5.96 Å². The Bertz CT molecular complexity index is 414. The summed E-state index contributed by atoms with van der Waals surface area (Å²) in [5.74, 6) is 1.70. The van der Waals surface area contributed by atoms with E-state index in [4.69, 9.17) is 9.73 Å². The Morgan fingerprint density at radius 3 is 2.80 bits per heavy atom. The van der Waals surface area contributed by atoms with Crippen LogP contribution in [0, 0.1) is 5.92 Å². The molecule has 2 aliphatic rings. The summed E-state index contributed by atoms with van der Waals surface area (Å²) in [6.07, 6.45) is 11.4. The fourth-order valence-electron chi connectivity index (χ4n) is 3.65. The van der Waals surface area contributed by atoms with E-state index in [1.165, 1.54) is 51.6 Å². The number of methoxy groups -OCH3 is 1. The number of rotatable bonds is 9. The zero-order valence-corrected chi connectivity index (χ0v) is 16.4. The molecule has 0 saturated carbocycles. The first kappa shape index (κ1) is 20.2. The van der Waals surface area contributed by atoms with Gasteiger partial charge in [-0.1, -0.05) is 11.6 Å². The van der Waals surface area contributed by atoms with Crippen molar-refractivity contribution in [2.45, 2.75) is 51.9 Å². The molecule has 5 heteroatoms. The van der Waals surface area contributed by atoms with E-state index in [1.807, 2.05) is 0 Å². The molecule has 0 aromatic heterocycles. The first-order valence-electron chi connectivity index (χ1n) is 10.2. The van der Waals surface area contributed by atoms with Crippen molar-refractivity contribution in [3.63, 3.8) is 0 Å². The predicted molar refractivity (Wildman–Crippen MR) is 106 cm³/mol. The minimum atomic E-state index is 0.718. The van der Waals surface area contributed by atoms with Crippen LogP contribution < -0.4 is 10.6 Å². The second kappa shape index (κ2) is 12.3. The predicted octanol–water partition coefficient (Wildman–Crippen LogP) is 2.79. The normalized spacial score (nSPS) is 20.4. The first-order chi connectivity index (χ1) is 12.3. The van der Waals surface area contributed by atoms with Crippen LogP contribution in [0.3, 0.4) is 0 Å². The molecular formula is C20H38N4O. The minimum Gasteiger partial charge on any atom is -0.383 e. The Morgan fingerprint density at radius 2 is 2.12 bits per heavy atom. The molecule has 0 amide bonds. The number of nitrogens with one attached hydrogen (secondary N) is 2. The Balaban J connectivity index is 1.67. The molecule has 1 saturated heterocycles. The fraction of sp³-hybridized carbons (Fsp3) is 0.850. The Kier molecular flexibility index (Phi) is 9.97. The van der Waals surface area contributed by atoms with Crippen molar-refractivity contribution < 1.29 is 4.74 Å². The van der Waals surface area contributed by atoms with E-state index in [0.29, 0.717) is 0 Å². The lowest BCUT2D eigenvalue weighted by molar-refractivity contribution is 0.121. The van der Waals surface area contributed by atoms with E-state index in [0.717, 1.165) is 51.1 Å². The van der Waals surface area contributed by atoms with Gasteiger partial charge in [-0.3, -0.25) is 4.99 Å².